The average Bonchev–Trinajstić information content (AvgIpc) is 3.57. The van der Waals surface area contributed by atoms with Gasteiger partial charge in [-0.1, -0.05) is 43.9 Å². The van der Waals surface area contributed by atoms with Crippen LogP contribution in [0.1, 0.15) is 100 Å². The summed E-state index contributed by atoms with van der Waals surface area (Å²) >= 11 is 0. The second-order valence-electron chi connectivity index (χ2n) is 12.1. The molecule has 0 spiro atoms. The molecule has 0 bridgehead atoms. The van der Waals surface area contributed by atoms with Gasteiger partial charge in [-0.05, 0) is 92.8 Å². The number of phenols is 1. The van der Waals surface area contributed by atoms with E-state index < -0.39 is 27.8 Å². The summed E-state index contributed by atoms with van der Waals surface area (Å²) in [5, 5.41) is 25.1. The third-order valence-electron chi connectivity index (χ3n) is 8.60. The van der Waals surface area contributed by atoms with Gasteiger partial charge in [0.05, 0.1) is 16.2 Å². The van der Waals surface area contributed by atoms with Gasteiger partial charge in [-0.15, -0.1) is 5.06 Å². The highest BCUT2D eigenvalue weighted by Gasteiger charge is 2.33. The smallest absolute Gasteiger partial charge is 0.330 e. The molecule has 1 saturated carbocycles. The predicted molar refractivity (Wildman–Crippen MR) is 172 cm³/mol. The van der Waals surface area contributed by atoms with E-state index in [1.165, 1.54) is 13.0 Å². The van der Waals surface area contributed by atoms with Crippen molar-refractivity contribution < 1.29 is 37.8 Å². The van der Waals surface area contributed by atoms with Gasteiger partial charge in [-0.25, -0.2) is 13.2 Å². The predicted octanol–water partition coefficient (Wildman–Crippen LogP) is 5.09. The van der Waals surface area contributed by atoms with E-state index in [0.29, 0.717) is 35.6 Å². The number of anilines is 1. The van der Waals surface area contributed by atoms with Crippen molar-refractivity contribution in [2.24, 2.45) is 0 Å². The van der Waals surface area contributed by atoms with Crippen molar-refractivity contribution in [3.05, 3.63) is 53.1 Å². The standard InChI is InChI=1S/C34H48N2O8S/c1-25(37)44-36-33(40)19-17-30-29(16-18-31(38)34(30)36)32(39)24-35-20-7-2-3-8-21-43-22-9-6-11-26-12-10-15-28(23-26)45(41,42)27-13-4-5-14-27/h10,12,15-16,18,23,27,32,35,38-39H,2-9,11,13-14,17,19-22,24H2,1H3/t32-/m0/s1. The van der Waals surface area contributed by atoms with Gasteiger partial charge in [0.25, 0.3) is 5.91 Å². The molecule has 0 aromatic heterocycles. The van der Waals surface area contributed by atoms with Crippen LogP contribution in [0.5, 0.6) is 5.75 Å². The molecule has 11 heteroatoms. The number of aliphatic hydroxyl groups is 1. The Morgan fingerprint density at radius 1 is 1.02 bits per heavy atom. The van der Waals surface area contributed by atoms with Crippen LogP contribution in [-0.4, -0.2) is 62.1 Å². The fourth-order valence-corrected chi connectivity index (χ4v) is 8.11. The molecule has 1 amide bonds. The van der Waals surface area contributed by atoms with Crippen LogP contribution in [0.25, 0.3) is 0 Å². The number of aryl methyl sites for hydroxylation is 1. The van der Waals surface area contributed by atoms with Crippen molar-refractivity contribution in [1.29, 1.82) is 0 Å². The number of rotatable bonds is 18. The van der Waals surface area contributed by atoms with Crippen molar-refractivity contribution in [2.45, 2.75) is 107 Å². The highest BCUT2D eigenvalue weighted by atomic mass is 32.2. The SMILES string of the molecule is CC(=O)ON1C(=O)CCc2c([C@@H](O)CNCCCCCCOCCCCc3cccc(S(=O)(=O)C4CCCC4)c3)ccc(O)c21. The number of amides is 1. The number of sulfone groups is 1. The number of carbonyl (C=O) groups is 2. The number of ether oxygens (including phenoxy) is 1. The molecule has 1 aliphatic carbocycles. The molecular formula is C34H48N2O8S. The van der Waals surface area contributed by atoms with E-state index in [1.807, 2.05) is 18.2 Å². The lowest BCUT2D eigenvalue weighted by atomic mass is 9.93. The molecule has 3 N–H and O–H groups in total. The maximum absolute atomic E-state index is 12.9. The lowest BCUT2D eigenvalue weighted by molar-refractivity contribution is -0.148. The second-order valence-corrected chi connectivity index (χ2v) is 14.3. The first-order valence-electron chi connectivity index (χ1n) is 16.3. The molecule has 4 rings (SSSR count). The van der Waals surface area contributed by atoms with Crippen LogP contribution in [-0.2, 0) is 41.8 Å². The van der Waals surface area contributed by atoms with Crippen LogP contribution < -0.4 is 10.4 Å². The molecule has 248 valence electrons. The maximum atomic E-state index is 12.9. The first-order chi connectivity index (χ1) is 21.7. The second kappa shape index (κ2) is 17.1. The van der Waals surface area contributed by atoms with E-state index in [9.17, 15) is 28.2 Å². The molecule has 0 saturated heterocycles. The molecule has 45 heavy (non-hydrogen) atoms. The fourth-order valence-electron chi connectivity index (χ4n) is 6.19. The van der Waals surface area contributed by atoms with Crippen molar-refractivity contribution >= 4 is 27.4 Å². The van der Waals surface area contributed by atoms with E-state index >= 15 is 0 Å². The third kappa shape index (κ3) is 9.75. The van der Waals surface area contributed by atoms with Crippen molar-refractivity contribution in [1.82, 2.24) is 5.32 Å². The zero-order valence-corrected chi connectivity index (χ0v) is 27.2. The number of hydrogen-bond acceptors (Lipinski definition) is 9. The first kappa shape index (κ1) is 34.9. The van der Waals surface area contributed by atoms with E-state index in [2.05, 4.69) is 5.32 Å². The van der Waals surface area contributed by atoms with E-state index in [1.54, 1.807) is 12.1 Å². The quantitative estimate of drug-likeness (QED) is 0.189. The van der Waals surface area contributed by atoms with Crippen LogP contribution in [0.4, 0.5) is 5.69 Å². The Kier molecular flexibility index (Phi) is 13.2. The Bertz CT molecular complexity index is 1390. The minimum atomic E-state index is -3.21. The number of carbonyl (C=O) groups excluding carboxylic acids is 2. The number of hydrogen-bond donors (Lipinski definition) is 3. The number of fused-ring (bicyclic) bond motifs is 1. The van der Waals surface area contributed by atoms with E-state index in [-0.39, 0.29) is 23.1 Å². The Morgan fingerprint density at radius 2 is 1.76 bits per heavy atom. The summed E-state index contributed by atoms with van der Waals surface area (Å²) in [6.45, 7) is 3.68. The number of aliphatic hydroxyl groups excluding tert-OH is 1. The van der Waals surface area contributed by atoms with Gasteiger partial charge < -0.3 is 25.1 Å². The molecule has 0 unspecified atom stereocenters. The third-order valence-corrected chi connectivity index (χ3v) is 10.9. The van der Waals surface area contributed by atoms with Crippen LogP contribution in [0.3, 0.4) is 0 Å². The van der Waals surface area contributed by atoms with Gasteiger partial charge in [-0.3, -0.25) is 4.79 Å². The highest BCUT2D eigenvalue weighted by molar-refractivity contribution is 7.92. The Hall–Kier alpha value is -2.99. The molecule has 1 aliphatic heterocycles. The minimum absolute atomic E-state index is 0.115. The van der Waals surface area contributed by atoms with E-state index in [0.717, 1.165) is 94.4 Å². The molecule has 0 radical (unpaired) electrons. The molecule has 2 aromatic carbocycles. The maximum Gasteiger partial charge on any atom is 0.330 e. The number of nitrogens with zero attached hydrogens (tertiary/aromatic N) is 1. The highest BCUT2D eigenvalue weighted by Crippen LogP contribution is 2.40. The Balaban J connectivity index is 1.05. The summed E-state index contributed by atoms with van der Waals surface area (Å²) < 4.78 is 31.5. The summed E-state index contributed by atoms with van der Waals surface area (Å²) in [6, 6.07) is 10.5. The number of unbranched alkanes of at least 4 members (excludes halogenated alkanes) is 4. The summed E-state index contributed by atoms with van der Waals surface area (Å²) in [7, 11) is -3.21. The van der Waals surface area contributed by atoms with Gasteiger partial charge in [0, 0.05) is 33.1 Å². The van der Waals surface area contributed by atoms with Gasteiger partial charge in [0.15, 0.2) is 9.84 Å². The number of benzene rings is 2. The average molecular weight is 645 g/mol. The summed E-state index contributed by atoms with van der Waals surface area (Å²) in [6.07, 6.45) is 9.98. The lowest BCUT2D eigenvalue weighted by Crippen LogP contribution is -2.37. The van der Waals surface area contributed by atoms with Crippen LogP contribution in [0.15, 0.2) is 41.3 Å². The van der Waals surface area contributed by atoms with E-state index in [4.69, 9.17) is 9.57 Å². The topological polar surface area (TPSA) is 142 Å². The Morgan fingerprint density at radius 3 is 2.51 bits per heavy atom. The van der Waals surface area contributed by atoms with Gasteiger partial charge in [0.2, 0.25) is 0 Å². The summed E-state index contributed by atoms with van der Waals surface area (Å²) in [5.41, 5.74) is 2.39. The van der Waals surface area contributed by atoms with Crippen molar-refractivity contribution in [3.63, 3.8) is 0 Å². The number of phenolic OH excluding ortho intramolecular Hbond substituents is 1. The van der Waals surface area contributed by atoms with Crippen molar-refractivity contribution in [3.8, 4) is 5.75 Å². The molecule has 2 aromatic rings. The first-order valence-corrected chi connectivity index (χ1v) is 17.9. The largest absolute Gasteiger partial charge is 0.506 e. The zero-order valence-electron chi connectivity index (χ0n) is 26.3. The van der Waals surface area contributed by atoms with Crippen LogP contribution in [0, 0.1) is 0 Å². The van der Waals surface area contributed by atoms with Crippen LogP contribution in [0.2, 0.25) is 0 Å². The van der Waals surface area contributed by atoms with Gasteiger partial charge in [0.1, 0.15) is 11.4 Å². The number of aromatic hydroxyl groups is 1. The minimum Gasteiger partial charge on any atom is -0.506 e. The monoisotopic (exact) mass is 644 g/mol. The van der Waals surface area contributed by atoms with Gasteiger partial charge in [-0.2, -0.15) is 0 Å². The molecule has 2 aliphatic rings. The summed E-state index contributed by atoms with van der Waals surface area (Å²) in [4.78, 5) is 29.2. The van der Waals surface area contributed by atoms with Crippen molar-refractivity contribution in [2.75, 3.05) is 31.4 Å². The normalized spacial score (nSPS) is 16.1. The Labute approximate surface area is 267 Å². The number of nitrogens with one attached hydrogen (secondary N) is 1. The molecule has 1 atom stereocenters. The fraction of sp³-hybridized carbons (Fsp3) is 0.588. The van der Waals surface area contributed by atoms with Crippen LogP contribution >= 0.6 is 0 Å². The number of hydroxylamine groups is 1. The summed E-state index contributed by atoms with van der Waals surface area (Å²) in [5.74, 6) is -1.27. The zero-order chi connectivity index (χ0) is 32.2. The molecule has 10 nitrogen and oxygen atoms in total. The lowest BCUT2D eigenvalue weighted by Gasteiger charge is -2.30. The van der Waals surface area contributed by atoms with Gasteiger partial charge >= 0.3 is 5.97 Å². The molecule has 1 fully saturated rings. The molecule has 1 heterocycles. The molecular weight excluding hydrogens is 596 g/mol.